The fraction of sp³-hybridized carbons (Fsp3) is 0.154. The van der Waals surface area contributed by atoms with Crippen molar-refractivity contribution < 1.29 is 0 Å². The van der Waals surface area contributed by atoms with E-state index in [1.54, 1.807) is 0 Å². The van der Waals surface area contributed by atoms with Crippen molar-refractivity contribution in [2.24, 2.45) is 0 Å². The van der Waals surface area contributed by atoms with Crippen molar-refractivity contribution in [2.45, 2.75) is 13.3 Å². The third-order valence-corrected chi connectivity index (χ3v) is 3.10. The monoisotopic (exact) mass is 251 g/mol. The van der Waals surface area contributed by atoms with E-state index < -0.39 is 0 Å². The lowest BCUT2D eigenvalue weighted by Gasteiger charge is -2.03. The molecule has 3 heterocycles. The van der Waals surface area contributed by atoms with Crippen LogP contribution in [-0.4, -0.2) is 27.8 Å². The number of hydrogen-bond donors (Lipinski definition) is 2. The first kappa shape index (κ1) is 11.7. The summed E-state index contributed by atoms with van der Waals surface area (Å²) in [7, 11) is 2.02. The molecule has 0 aliphatic rings. The van der Waals surface area contributed by atoms with E-state index in [-0.39, 0.29) is 0 Å². The number of pyridine rings is 1. The summed E-state index contributed by atoms with van der Waals surface area (Å²) < 4.78 is 0. The first-order valence-corrected chi connectivity index (χ1v) is 6.25. The van der Waals surface area contributed by atoms with Gasteiger partial charge in [-0.1, -0.05) is 18.5 Å². The quantitative estimate of drug-likeness (QED) is 0.647. The summed E-state index contributed by atoms with van der Waals surface area (Å²) in [6, 6.07) is 4.07. The molecule has 0 aliphatic carbocycles. The van der Waals surface area contributed by atoms with Gasteiger partial charge in [0.1, 0.15) is 13.5 Å². The van der Waals surface area contributed by atoms with Gasteiger partial charge in [0, 0.05) is 29.0 Å². The van der Waals surface area contributed by atoms with Crippen molar-refractivity contribution in [3.8, 4) is 11.3 Å². The van der Waals surface area contributed by atoms with E-state index in [1.165, 1.54) is 0 Å². The highest BCUT2D eigenvalue weighted by Gasteiger charge is 2.10. The Labute approximate surface area is 111 Å². The predicted molar refractivity (Wildman–Crippen MR) is 79.1 cm³/mol. The van der Waals surface area contributed by atoms with Gasteiger partial charge in [0.15, 0.2) is 0 Å². The van der Waals surface area contributed by atoms with Crippen LogP contribution in [0.2, 0.25) is 0 Å². The minimum absolute atomic E-state index is 0.310. The van der Waals surface area contributed by atoms with Gasteiger partial charge in [-0.2, -0.15) is 0 Å². The number of rotatable bonds is 2. The Morgan fingerprint density at radius 3 is 2.95 bits per heavy atom. The molecule has 0 radical (unpaired) electrons. The topological polar surface area (TPSA) is 80.5 Å². The molecule has 0 spiro atoms. The van der Waals surface area contributed by atoms with Gasteiger partial charge in [-0.25, -0.2) is 15.0 Å². The molecule has 0 saturated heterocycles. The van der Waals surface area contributed by atoms with Gasteiger partial charge in [0.2, 0.25) is 5.95 Å². The molecule has 3 aromatic heterocycles. The van der Waals surface area contributed by atoms with Crippen LogP contribution in [0.5, 0.6) is 0 Å². The SMILES string of the molecule is Bc1cnc2[nH]cc(-c3cc(CC)nc(N)n3)c2c1. The number of aromatic nitrogens is 4. The summed E-state index contributed by atoms with van der Waals surface area (Å²) in [5.41, 5.74) is 10.5. The lowest BCUT2D eigenvalue weighted by molar-refractivity contribution is 1.01. The summed E-state index contributed by atoms with van der Waals surface area (Å²) in [4.78, 5) is 16.0. The molecule has 3 aromatic rings. The molecule has 19 heavy (non-hydrogen) atoms. The maximum atomic E-state index is 5.77. The molecule has 0 aliphatic heterocycles. The smallest absolute Gasteiger partial charge is 0.220 e. The number of H-pyrrole nitrogens is 1. The highest BCUT2D eigenvalue weighted by atomic mass is 15.0. The Hall–Kier alpha value is -2.37. The summed E-state index contributed by atoms with van der Waals surface area (Å²) in [5, 5.41) is 1.06. The van der Waals surface area contributed by atoms with Crippen molar-refractivity contribution in [3.63, 3.8) is 0 Å². The van der Waals surface area contributed by atoms with E-state index in [2.05, 4.69) is 26.0 Å². The number of hydrogen-bond acceptors (Lipinski definition) is 4. The summed E-state index contributed by atoms with van der Waals surface area (Å²) >= 11 is 0. The minimum atomic E-state index is 0.310. The van der Waals surface area contributed by atoms with Crippen LogP contribution in [0.15, 0.2) is 24.5 Å². The van der Waals surface area contributed by atoms with Crippen LogP contribution < -0.4 is 11.2 Å². The fourth-order valence-electron chi connectivity index (χ4n) is 2.16. The number of nitrogen functional groups attached to an aromatic ring is 1. The van der Waals surface area contributed by atoms with Crippen molar-refractivity contribution >= 4 is 30.3 Å². The zero-order valence-electron chi connectivity index (χ0n) is 10.9. The fourth-order valence-corrected chi connectivity index (χ4v) is 2.16. The number of nitrogens with two attached hydrogens (primary N) is 1. The average molecular weight is 251 g/mol. The molecule has 0 atom stereocenters. The molecule has 3 N–H and O–H groups in total. The van der Waals surface area contributed by atoms with Crippen molar-refractivity contribution in [2.75, 3.05) is 5.73 Å². The number of nitrogens with one attached hydrogen (secondary N) is 1. The molecule has 5 nitrogen and oxygen atoms in total. The Kier molecular flexibility index (Phi) is 2.70. The molecule has 3 rings (SSSR count). The molecular formula is C13H14BN5. The molecule has 0 unspecified atom stereocenters. The predicted octanol–water partition coefficient (Wildman–Crippen LogP) is 0.423. The van der Waals surface area contributed by atoms with E-state index in [0.717, 1.165) is 39.9 Å². The summed E-state index contributed by atoms with van der Waals surface area (Å²) in [5.74, 6) is 0.310. The summed E-state index contributed by atoms with van der Waals surface area (Å²) in [6.07, 6.45) is 4.59. The van der Waals surface area contributed by atoms with Gasteiger partial charge in [-0.05, 0) is 12.5 Å². The number of aromatic amines is 1. The number of fused-ring (bicyclic) bond motifs is 1. The van der Waals surface area contributed by atoms with Crippen molar-refractivity contribution in [1.82, 2.24) is 19.9 Å². The van der Waals surface area contributed by atoms with Crippen LogP contribution in [-0.2, 0) is 6.42 Å². The molecule has 0 fully saturated rings. The molecule has 0 aromatic carbocycles. The van der Waals surface area contributed by atoms with Gasteiger partial charge in [0.05, 0.1) is 5.69 Å². The van der Waals surface area contributed by atoms with Crippen LogP contribution >= 0.6 is 0 Å². The van der Waals surface area contributed by atoms with E-state index in [4.69, 9.17) is 5.73 Å². The Morgan fingerprint density at radius 2 is 2.16 bits per heavy atom. The largest absolute Gasteiger partial charge is 0.368 e. The average Bonchev–Trinajstić information content (AvgIpc) is 2.80. The molecule has 94 valence electrons. The van der Waals surface area contributed by atoms with Gasteiger partial charge < -0.3 is 10.7 Å². The Morgan fingerprint density at radius 1 is 1.32 bits per heavy atom. The van der Waals surface area contributed by atoms with Crippen molar-refractivity contribution in [1.29, 1.82) is 0 Å². The van der Waals surface area contributed by atoms with E-state index in [9.17, 15) is 0 Å². The molecule has 0 amide bonds. The van der Waals surface area contributed by atoms with E-state index in [1.807, 2.05) is 33.2 Å². The second-order valence-electron chi connectivity index (χ2n) is 4.57. The number of anilines is 1. The Balaban J connectivity index is 2.24. The lowest BCUT2D eigenvalue weighted by Crippen LogP contribution is -2.02. The first-order chi connectivity index (χ1) is 9.17. The van der Waals surface area contributed by atoms with E-state index >= 15 is 0 Å². The van der Waals surface area contributed by atoms with E-state index in [0.29, 0.717) is 5.95 Å². The molecule has 0 bridgehead atoms. The van der Waals surface area contributed by atoms with Crippen LogP contribution in [0.1, 0.15) is 12.6 Å². The standard InChI is InChI=1S/C13H14BN5/c1-2-8-4-11(19-13(15)18-8)10-6-17-12-9(10)3-7(14)5-16-12/h3-6H,2,14H2,1H3,(H,16,17)(H2,15,18,19). The van der Waals surface area contributed by atoms with Gasteiger partial charge >= 0.3 is 0 Å². The van der Waals surface area contributed by atoms with Gasteiger partial charge in [-0.15, -0.1) is 0 Å². The second kappa shape index (κ2) is 4.38. The van der Waals surface area contributed by atoms with Gasteiger partial charge in [0.25, 0.3) is 0 Å². The second-order valence-corrected chi connectivity index (χ2v) is 4.57. The zero-order valence-corrected chi connectivity index (χ0v) is 10.9. The normalized spacial score (nSPS) is 11.0. The number of aryl methyl sites for hydroxylation is 1. The van der Waals surface area contributed by atoms with Crippen LogP contribution in [0, 0.1) is 0 Å². The zero-order chi connectivity index (χ0) is 13.4. The van der Waals surface area contributed by atoms with Gasteiger partial charge in [-0.3, -0.25) is 0 Å². The molecular weight excluding hydrogens is 237 g/mol. The maximum Gasteiger partial charge on any atom is 0.220 e. The first-order valence-electron chi connectivity index (χ1n) is 6.25. The van der Waals surface area contributed by atoms with Crippen LogP contribution in [0.25, 0.3) is 22.3 Å². The highest BCUT2D eigenvalue weighted by Crippen LogP contribution is 2.26. The third-order valence-electron chi connectivity index (χ3n) is 3.10. The summed E-state index contributed by atoms with van der Waals surface area (Å²) in [6.45, 7) is 2.05. The number of nitrogens with zero attached hydrogens (tertiary/aromatic N) is 3. The molecule has 6 heteroatoms. The molecule has 0 saturated carbocycles. The third kappa shape index (κ3) is 2.05. The lowest BCUT2D eigenvalue weighted by atomic mass is 9.97. The maximum absolute atomic E-state index is 5.77. The minimum Gasteiger partial charge on any atom is -0.368 e. The van der Waals surface area contributed by atoms with Crippen LogP contribution in [0.3, 0.4) is 0 Å². The Bertz CT molecular complexity index is 750. The van der Waals surface area contributed by atoms with Crippen molar-refractivity contribution in [3.05, 3.63) is 30.2 Å². The van der Waals surface area contributed by atoms with Crippen LogP contribution in [0.4, 0.5) is 5.95 Å². The highest BCUT2D eigenvalue weighted by molar-refractivity contribution is 6.33.